The molecule has 0 bridgehead atoms. The predicted molar refractivity (Wildman–Crippen MR) is 59.1 cm³/mol. The molecule has 0 rings (SSSR count). The minimum absolute atomic E-state index is 0.839. The van der Waals surface area contributed by atoms with Gasteiger partial charge >= 0.3 is 93.4 Å². The second kappa shape index (κ2) is 11.0. The Bertz CT molecular complexity index is 72.1. The van der Waals surface area contributed by atoms with Crippen molar-refractivity contribution < 1.29 is 21.8 Å². The summed E-state index contributed by atoms with van der Waals surface area (Å²) < 4.78 is 5.04. The van der Waals surface area contributed by atoms with Crippen molar-refractivity contribution in [3.8, 4) is 0 Å². The first-order chi connectivity index (χ1) is 6.35. The van der Waals surface area contributed by atoms with E-state index in [0.29, 0.717) is 0 Å². The van der Waals surface area contributed by atoms with Gasteiger partial charge in [-0.25, -0.2) is 0 Å². The third-order valence-corrected chi connectivity index (χ3v) is 10.5. The van der Waals surface area contributed by atoms with E-state index in [9.17, 15) is 0 Å². The molecule has 0 nitrogen and oxygen atoms in total. The van der Waals surface area contributed by atoms with Crippen LogP contribution in [0.4, 0.5) is 0 Å². The van der Waals surface area contributed by atoms with Crippen LogP contribution in [0.2, 0.25) is 12.4 Å². The monoisotopic (exact) mass is 261 g/mol. The van der Waals surface area contributed by atoms with Crippen molar-refractivity contribution >= 4 is 0 Å². The van der Waals surface area contributed by atoms with Crippen molar-refractivity contribution in [3.63, 3.8) is 0 Å². The summed E-state index contributed by atoms with van der Waals surface area (Å²) in [5.41, 5.74) is 0. The average molecular weight is 263 g/mol. The summed E-state index contributed by atoms with van der Waals surface area (Å²) in [7, 11) is 0. The van der Waals surface area contributed by atoms with Crippen LogP contribution in [0.5, 0.6) is 0 Å². The van der Waals surface area contributed by atoms with Gasteiger partial charge < -0.3 is 0 Å². The van der Waals surface area contributed by atoms with Crippen molar-refractivity contribution in [1.29, 1.82) is 0 Å². The summed E-state index contributed by atoms with van der Waals surface area (Å²) in [6, 6.07) is 0. The molecule has 0 amide bonds. The quantitative estimate of drug-likeness (QED) is 0.532. The van der Waals surface area contributed by atoms with Crippen LogP contribution in [0.25, 0.3) is 0 Å². The summed E-state index contributed by atoms with van der Waals surface area (Å²) in [4.78, 5) is 0. The molecule has 0 saturated heterocycles. The minimum atomic E-state index is -0.839. The fourth-order valence-corrected chi connectivity index (χ4v) is 9.79. The topological polar surface area (TPSA) is 0 Å². The molecule has 13 heavy (non-hydrogen) atoms. The fraction of sp³-hybridized carbons (Fsp3) is 1.00. The first-order valence-corrected chi connectivity index (χ1v) is 11.4. The average Bonchev–Trinajstić information content (AvgIpc) is 2.17. The number of hydrogen-bond acceptors (Lipinski definition) is 0. The van der Waals surface area contributed by atoms with Gasteiger partial charge in [0.2, 0.25) is 0 Å². The molecule has 0 spiro atoms. The Morgan fingerprint density at radius 1 is 0.615 bits per heavy atom. The molecule has 79 valence electrons. The van der Waals surface area contributed by atoms with Gasteiger partial charge in [0.1, 0.15) is 0 Å². The summed E-state index contributed by atoms with van der Waals surface area (Å²) in [5, 5.41) is 0. The van der Waals surface area contributed by atoms with Crippen LogP contribution in [0.3, 0.4) is 0 Å². The van der Waals surface area contributed by atoms with Gasteiger partial charge in [-0.2, -0.15) is 0 Å². The van der Waals surface area contributed by atoms with E-state index in [1.165, 1.54) is 38.5 Å². The van der Waals surface area contributed by atoms with Crippen LogP contribution < -0.4 is 0 Å². The Morgan fingerprint density at radius 3 is 1.15 bits per heavy atom. The number of unbranched alkanes of at least 4 members (excludes halogenated alkanes) is 3. The predicted octanol–water partition coefficient (Wildman–Crippen LogP) is 5.26. The second-order valence-corrected chi connectivity index (χ2v) is 11.4. The van der Waals surface area contributed by atoms with Crippen LogP contribution >= 0.6 is 0 Å². The molecule has 0 heterocycles. The van der Waals surface area contributed by atoms with Gasteiger partial charge in [0, 0.05) is 0 Å². The third-order valence-electron chi connectivity index (χ3n) is 2.65. The Hall–Kier alpha value is 0.883. The van der Waals surface area contributed by atoms with Gasteiger partial charge in [0.25, 0.3) is 0 Å². The molecule has 0 radical (unpaired) electrons. The van der Waals surface area contributed by atoms with Gasteiger partial charge in [0.15, 0.2) is 0 Å². The zero-order valence-corrected chi connectivity index (χ0v) is 12.3. The van der Waals surface area contributed by atoms with Crippen molar-refractivity contribution in [2.75, 3.05) is 0 Å². The first-order valence-electron chi connectivity index (χ1n) is 6.18. The van der Waals surface area contributed by atoms with E-state index >= 15 is 0 Å². The van der Waals surface area contributed by atoms with E-state index in [1.807, 2.05) is 0 Å². The molecule has 0 N–H and O–H groups in total. The Morgan fingerprint density at radius 2 is 0.923 bits per heavy atom. The van der Waals surface area contributed by atoms with Crippen molar-refractivity contribution in [2.45, 2.75) is 71.7 Å². The van der Waals surface area contributed by atoms with Crippen LogP contribution in [0.1, 0.15) is 59.3 Å². The van der Waals surface area contributed by atoms with Crippen molar-refractivity contribution in [3.05, 3.63) is 0 Å². The molecule has 0 fully saturated rings. The molecule has 0 aliphatic carbocycles. The Labute approximate surface area is 93.2 Å². The fourth-order valence-electron chi connectivity index (χ4n) is 1.66. The maximum atomic E-state index is 2.33. The van der Waals surface area contributed by atoms with Crippen LogP contribution in [0.15, 0.2) is 0 Å². The zero-order valence-electron chi connectivity index (χ0n) is 9.86. The SMILES string of the molecule is CCC[CH2][Zr]([CH2]CCC)[CH2]CCC. The van der Waals surface area contributed by atoms with Crippen molar-refractivity contribution in [2.24, 2.45) is 0 Å². The standard InChI is InChI=1S/3C4H9.Zr/c3*1-3-4-2;/h3*1,3-4H2,2H3;. The summed E-state index contributed by atoms with van der Waals surface area (Å²) in [6.45, 7) is 7.00. The first kappa shape index (κ1) is 13.9. The number of rotatable bonds is 9. The third kappa shape index (κ3) is 9.19. The normalized spacial score (nSPS) is 10.4. The van der Waals surface area contributed by atoms with Crippen molar-refractivity contribution in [1.82, 2.24) is 0 Å². The van der Waals surface area contributed by atoms with Crippen LogP contribution in [-0.4, -0.2) is 0 Å². The van der Waals surface area contributed by atoms with E-state index in [4.69, 9.17) is 0 Å². The van der Waals surface area contributed by atoms with Gasteiger partial charge in [-0.1, -0.05) is 0 Å². The van der Waals surface area contributed by atoms with Gasteiger partial charge in [-0.3, -0.25) is 0 Å². The zero-order chi connectivity index (χ0) is 9.94. The van der Waals surface area contributed by atoms with E-state index < -0.39 is 21.8 Å². The molecule has 0 aromatic heterocycles. The Kier molecular flexibility index (Phi) is 11.7. The van der Waals surface area contributed by atoms with E-state index in [2.05, 4.69) is 20.8 Å². The van der Waals surface area contributed by atoms with E-state index in [0.717, 1.165) is 0 Å². The summed E-state index contributed by atoms with van der Waals surface area (Å²) in [6.07, 6.45) is 8.85. The maximum absolute atomic E-state index is 2.33. The molecule has 1 heteroatoms. The summed E-state index contributed by atoms with van der Waals surface area (Å²) in [5.74, 6) is 0. The molecular weight excluding hydrogens is 235 g/mol. The van der Waals surface area contributed by atoms with E-state index in [1.54, 1.807) is 12.4 Å². The van der Waals surface area contributed by atoms with Crippen LogP contribution in [0, 0.1) is 0 Å². The number of hydrogen-bond donors (Lipinski definition) is 0. The van der Waals surface area contributed by atoms with E-state index in [-0.39, 0.29) is 0 Å². The molecular formula is C12H27Zr. The van der Waals surface area contributed by atoms with Gasteiger partial charge in [0.05, 0.1) is 0 Å². The molecule has 0 aliphatic rings. The molecule has 0 aromatic rings. The molecule has 0 saturated carbocycles. The molecule has 0 aromatic carbocycles. The van der Waals surface area contributed by atoms with Gasteiger partial charge in [-0.05, 0) is 0 Å². The summed E-state index contributed by atoms with van der Waals surface area (Å²) >= 11 is -0.839. The second-order valence-electron chi connectivity index (χ2n) is 4.06. The van der Waals surface area contributed by atoms with Crippen LogP contribution in [-0.2, 0) is 21.8 Å². The molecule has 0 atom stereocenters. The van der Waals surface area contributed by atoms with Gasteiger partial charge in [-0.15, -0.1) is 0 Å². The molecule has 0 aliphatic heterocycles. The Balaban J connectivity index is 3.47. The molecule has 0 unspecified atom stereocenters.